The summed E-state index contributed by atoms with van der Waals surface area (Å²) < 4.78 is 51.3. The third kappa shape index (κ3) is 4.32. The molecule has 0 heterocycles. The van der Waals surface area contributed by atoms with Crippen molar-refractivity contribution in [1.29, 1.82) is 0 Å². The third-order valence-electron chi connectivity index (χ3n) is 2.18. The highest BCUT2D eigenvalue weighted by Crippen LogP contribution is 2.24. The molecule has 0 fully saturated rings. The van der Waals surface area contributed by atoms with Crippen molar-refractivity contribution in [3.05, 3.63) is 23.8 Å². The van der Waals surface area contributed by atoms with Crippen LogP contribution in [0.5, 0.6) is 5.75 Å². The van der Waals surface area contributed by atoms with E-state index in [1.807, 2.05) is 5.32 Å². The van der Waals surface area contributed by atoms with Crippen LogP contribution in [0.25, 0.3) is 0 Å². The number of methoxy groups -OCH3 is 1. The van der Waals surface area contributed by atoms with E-state index in [0.717, 1.165) is 6.07 Å². The summed E-state index contributed by atoms with van der Waals surface area (Å²) in [7, 11) is 2.54. The number of carbonyl (C=O) groups excluding carboxylic acids is 1. The lowest BCUT2D eigenvalue weighted by molar-refractivity contribution is -0.131. The van der Waals surface area contributed by atoms with E-state index < -0.39 is 21.4 Å². The molecule has 1 aromatic carbocycles. The number of carbonyl (C=O) groups is 1. The van der Waals surface area contributed by atoms with Gasteiger partial charge in [0.1, 0.15) is 5.75 Å². The van der Waals surface area contributed by atoms with Gasteiger partial charge in [0.05, 0.1) is 12.0 Å². The van der Waals surface area contributed by atoms with Gasteiger partial charge in [-0.15, -0.1) is 0 Å². The minimum atomic E-state index is -3.95. The molecule has 0 saturated carbocycles. The fraction of sp³-hybridized carbons (Fsp3) is 0.300. The number of nitrogens with one attached hydrogen (secondary N) is 1. The number of alkyl halides is 2. The van der Waals surface area contributed by atoms with Crippen molar-refractivity contribution in [2.24, 2.45) is 0 Å². The summed E-state index contributed by atoms with van der Waals surface area (Å²) in [5.74, 6) is -1.21. The largest absolute Gasteiger partial charge is 0.496 e. The Balaban J connectivity index is 3.00. The van der Waals surface area contributed by atoms with Gasteiger partial charge in [-0.2, -0.15) is 8.78 Å². The molecule has 1 aromatic rings. The van der Waals surface area contributed by atoms with E-state index in [2.05, 4.69) is 0 Å². The first-order valence-corrected chi connectivity index (χ1v) is 7.24. The SMILES string of the molecule is COc1ccc(S(=O)(=O)Cl)cc1CNC(=O)C(F)F. The zero-order valence-electron chi connectivity index (χ0n) is 9.69. The van der Waals surface area contributed by atoms with Crippen LogP contribution in [-0.2, 0) is 20.4 Å². The van der Waals surface area contributed by atoms with E-state index in [0.29, 0.717) is 0 Å². The zero-order chi connectivity index (χ0) is 14.6. The lowest BCUT2D eigenvalue weighted by atomic mass is 10.2. The first-order chi connectivity index (χ1) is 8.75. The summed E-state index contributed by atoms with van der Waals surface area (Å²) in [6.07, 6.45) is -3.15. The van der Waals surface area contributed by atoms with E-state index in [1.165, 1.54) is 19.2 Å². The highest BCUT2D eigenvalue weighted by molar-refractivity contribution is 8.13. The average molecular weight is 314 g/mol. The van der Waals surface area contributed by atoms with Crippen molar-refractivity contribution in [2.45, 2.75) is 17.9 Å². The first-order valence-electron chi connectivity index (χ1n) is 4.93. The molecule has 0 radical (unpaired) electrons. The molecule has 1 amide bonds. The van der Waals surface area contributed by atoms with Gasteiger partial charge in [0.25, 0.3) is 15.0 Å². The second kappa shape index (κ2) is 6.16. The predicted molar refractivity (Wildman–Crippen MR) is 63.9 cm³/mol. The van der Waals surface area contributed by atoms with Crippen molar-refractivity contribution in [3.63, 3.8) is 0 Å². The van der Waals surface area contributed by atoms with Crippen LogP contribution in [0.3, 0.4) is 0 Å². The smallest absolute Gasteiger partial charge is 0.315 e. The maximum Gasteiger partial charge on any atom is 0.315 e. The van der Waals surface area contributed by atoms with E-state index in [-0.39, 0.29) is 22.8 Å². The number of hydrogen-bond donors (Lipinski definition) is 1. The Morgan fingerprint density at radius 3 is 2.58 bits per heavy atom. The number of halogens is 3. The maximum atomic E-state index is 12.0. The summed E-state index contributed by atoms with van der Waals surface area (Å²) in [4.78, 5) is 10.5. The molecular formula is C10H10ClF2NO4S. The van der Waals surface area contributed by atoms with Gasteiger partial charge in [0, 0.05) is 22.8 Å². The Bertz CT molecular complexity index is 577. The second-order valence-corrected chi connectivity index (χ2v) is 6.00. The third-order valence-corrected chi connectivity index (χ3v) is 3.54. The molecule has 0 atom stereocenters. The molecule has 5 nitrogen and oxygen atoms in total. The normalized spacial score (nSPS) is 11.4. The Kier molecular flexibility index (Phi) is 5.07. The van der Waals surface area contributed by atoms with Crippen molar-refractivity contribution in [2.75, 3.05) is 7.11 Å². The Morgan fingerprint density at radius 1 is 1.47 bits per heavy atom. The van der Waals surface area contributed by atoms with Crippen molar-refractivity contribution < 1.29 is 26.7 Å². The monoisotopic (exact) mass is 313 g/mol. The molecule has 1 rings (SSSR count). The van der Waals surface area contributed by atoms with Crippen molar-refractivity contribution >= 4 is 25.6 Å². The summed E-state index contributed by atoms with van der Waals surface area (Å²) in [6, 6.07) is 3.67. The van der Waals surface area contributed by atoms with Gasteiger partial charge in [-0.1, -0.05) is 0 Å². The molecule has 0 aliphatic carbocycles. The molecule has 0 aliphatic heterocycles. The first kappa shape index (κ1) is 15.6. The minimum Gasteiger partial charge on any atom is -0.496 e. The van der Waals surface area contributed by atoms with Gasteiger partial charge >= 0.3 is 6.43 Å². The molecule has 0 aromatic heterocycles. The minimum absolute atomic E-state index is 0.212. The van der Waals surface area contributed by atoms with E-state index in [1.54, 1.807) is 0 Å². The van der Waals surface area contributed by atoms with Crippen LogP contribution in [0.1, 0.15) is 5.56 Å². The highest BCUT2D eigenvalue weighted by atomic mass is 35.7. The predicted octanol–water partition coefficient (Wildman–Crippen LogP) is 1.50. The second-order valence-electron chi connectivity index (χ2n) is 3.43. The molecule has 1 N–H and O–H groups in total. The van der Waals surface area contributed by atoms with Gasteiger partial charge in [0.2, 0.25) is 0 Å². The molecule has 19 heavy (non-hydrogen) atoms. The number of rotatable bonds is 5. The number of amides is 1. The average Bonchev–Trinajstić information content (AvgIpc) is 2.34. The topological polar surface area (TPSA) is 72.5 Å². The van der Waals surface area contributed by atoms with Crippen LogP contribution in [0.15, 0.2) is 23.1 Å². The van der Waals surface area contributed by atoms with Crippen LogP contribution in [0.2, 0.25) is 0 Å². The van der Waals surface area contributed by atoms with Gasteiger partial charge in [0.15, 0.2) is 0 Å². The van der Waals surface area contributed by atoms with Crippen LogP contribution in [-0.4, -0.2) is 27.9 Å². The Hall–Kier alpha value is -1.41. The molecule has 106 valence electrons. The van der Waals surface area contributed by atoms with Crippen LogP contribution in [0, 0.1) is 0 Å². The highest BCUT2D eigenvalue weighted by Gasteiger charge is 2.17. The van der Waals surface area contributed by atoms with Crippen LogP contribution >= 0.6 is 10.7 Å². The number of benzene rings is 1. The van der Waals surface area contributed by atoms with E-state index in [9.17, 15) is 22.0 Å². The molecule has 0 aliphatic rings. The molecule has 0 saturated heterocycles. The maximum absolute atomic E-state index is 12.0. The zero-order valence-corrected chi connectivity index (χ0v) is 11.3. The Labute approximate surface area is 112 Å². The van der Waals surface area contributed by atoms with Gasteiger partial charge in [-0.05, 0) is 18.2 Å². The van der Waals surface area contributed by atoms with E-state index in [4.69, 9.17) is 15.4 Å². The molecule has 9 heteroatoms. The van der Waals surface area contributed by atoms with Gasteiger partial charge in [-0.25, -0.2) is 8.42 Å². The fourth-order valence-corrected chi connectivity index (χ4v) is 2.11. The lowest BCUT2D eigenvalue weighted by Crippen LogP contribution is -2.29. The van der Waals surface area contributed by atoms with Crippen molar-refractivity contribution in [1.82, 2.24) is 5.32 Å². The standard InChI is InChI=1S/C10H10ClF2NO4S/c1-18-8-3-2-7(19(11,16)17)4-6(8)5-14-10(15)9(12)13/h2-4,9H,5H2,1H3,(H,14,15). The fourth-order valence-electron chi connectivity index (χ4n) is 1.30. The summed E-state index contributed by atoms with van der Waals surface area (Å²) >= 11 is 0. The quantitative estimate of drug-likeness (QED) is 0.836. The summed E-state index contributed by atoms with van der Waals surface area (Å²) in [5, 5.41) is 1.94. The van der Waals surface area contributed by atoms with Crippen molar-refractivity contribution in [3.8, 4) is 5.75 Å². The molecular weight excluding hydrogens is 304 g/mol. The summed E-state index contributed by atoms with van der Waals surface area (Å²) in [5.41, 5.74) is 0.221. The molecule has 0 spiro atoms. The van der Waals surface area contributed by atoms with E-state index >= 15 is 0 Å². The van der Waals surface area contributed by atoms with Crippen LogP contribution < -0.4 is 10.1 Å². The number of hydrogen-bond acceptors (Lipinski definition) is 4. The van der Waals surface area contributed by atoms with Gasteiger partial charge < -0.3 is 10.1 Å². The van der Waals surface area contributed by atoms with Gasteiger partial charge in [-0.3, -0.25) is 4.79 Å². The molecule has 0 bridgehead atoms. The Morgan fingerprint density at radius 2 is 2.11 bits per heavy atom. The summed E-state index contributed by atoms with van der Waals surface area (Å²) in [6.45, 7) is -0.299. The lowest BCUT2D eigenvalue weighted by Gasteiger charge is -2.10. The number of ether oxygens (including phenoxy) is 1. The van der Waals surface area contributed by atoms with Crippen LogP contribution in [0.4, 0.5) is 8.78 Å². The molecule has 0 unspecified atom stereocenters.